The molecule has 4 aliphatic heterocycles. The van der Waals surface area contributed by atoms with Crippen molar-refractivity contribution in [2.24, 2.45) is 14.1 Å². The molecule has 0 aliphatic carbocycles. The van der Waals surface area contributed by atoms with Gasteiger partial charge in [-0.2, -0.15) is 0 Å². The van der Waals surface area contributed by atoms with E-state index >= 15 is 0 Å². The summed E-state index contributed by atoms with van der Waals surface area (Å²) in [6.45, 7) is 9.92. The first-order valence-electron chi connectivity index (χ1n) is 45.9. The number of nitrogens with one attached hydrogen (secondary N) is 4. The minimum Gasteiger partial charge on any atom is -0.491 e. The van der Waals surface area contributed by atoms with Crippen LogP contribution in [0, 0.1) is 47.4 Å². The van der Waals surface area contributed by atoms with Gasteiger partial charge in [0.2, 0.25) is 0 Å². The molecule has 0 unspecified atom stereocenters. The Bertz CT molecular complexity index is 6480. The van der Waals surface area contributed by atoms with Crippen LogP contribution in [-0.4, -0.2) is 227 Å². The number of nitrogens with zero attached hydrogens (tertiary/aromatic N) is 6. The number of fused-ring (bicyclic) bond motifs is 16. The number of H-pyrrole nitrogens is 4. The number of aryl methyl sites for hydroxylation is 2. The highest BCUT2D eigenvalue weighted by Gasteiger charge is 2.23. The van der Waals surface area contributed by atoms with Crippen molar-refractivity contribution >= 4 is 92.7 Å². The van der Waals surface area contributed by atoms with Crippen LogP contribution in [0.1, 0.15) is 78.9 Å². The third kappa shape index (κ3) is 26.3. The topological polar surface area (TPSA) is 270 Å². The van der Waals surface area contributed by atoms with Gasteiger partial charge in [-0.25, -0.2) is 29.1 Å². The molecule has 26 nitrogen and oxygen atoms in total. The summed E-state index contributed by atoms with van der Waals surface area (Å²) in [5.74, 6) is 30.5. The van der Waals surface area contributed by atoms with Gasteiger partial charge < -0.3 is 95.7 Å². The maximum atomic E-state index is 6.43. The lowest BCUT2D eigenvalue weighted by molar-refractivity contribution is -0.671. The van der Waals surface area contributed by atoms with Crippen LogP contribution in [0.4, 0.5) is 0 Å². The summed E-state index contributed by atoms with van der Waals surface area (Å²) in [5, 5.41) is 0. The van der Waals surface area contributed by atoms with E-state index < -0.39 is 0 Å². The summed E-state index contributed by atoms with van der Waals surface area (Å²) < 4.78 is 96.5. The molecule has 12 aromatic rings. The van der Waals surface area contributed by atoms with Gasteiger partial charge in [0.15, 0.2) is 24.8 Å². The third-order valence-electron chi connectivity index (χ3n) is 22.3. The van der Waals surface area contributed by atoms with Gasteiger partial charge in [0.1, 0.15) is 63.5 Å². The van der Waals surface area contributed by atoms with Crippen molar-refractivity contribution in [3.05, 3.63) is 274 Å². The number of benzene rings is 4. The van der Waals surface area contributed by atoms with Gasteiger partial charge in [-0.3, -0.25) is 0 Å². The van der Waals surface area contributed by atoms with Crippen molar-refractivity contribution in [3.63, 3.8) is 0 Å². The second-order valence-corrected chi connectivity index (χ2v) is 31.9. The molecule has 4 aromatic carbocycles. The van der Waals surface area contributed by atoms with Crippen molar-refractivity contribution in [2.75, 3.05) is 187 Å². The zero-order valence-electron chi connectivity index (χ0n) is 78.3. The number of pyridine rings is 2. The Morgan fingerprint density at radius 2 is 0.449 bits per heavy atom. The Kier molecular flexibility index (Phi) is 35.1. The standard InChI is InChI=1S/C112H108N10O16/c1-121-47-43-79(44-48-121)23-25-91-97-31-39-105(117-97)109(81-13-9-17-85(75-81)135-71-67-131-63-59-127-55-51-123-3)101-35-27-93(113-101)89(94-28-36-102(114-94)110(106-40-32-98(91)118-106)82-14-10-18-86(76-82)136-72-68-132-64-60-128-56-52-124-4)21-7-8-22-90-95-29-37-103(115-95)111(83-15-11-19-87(77-83)137-73-69-133-65-61-129-57-53-125-5)107-41-33-99(119-107)92(26-24-80-45-49-122(2)50-46-80)100-34-42-108(120-100)112(104-38-30-96(90)116-104)84-16-12-20-88(78-84)138-74-70-134-66-62-130-58-54-126-6/h9-20,27-50,75-78H,51-74H2,1-6H3,(H2,113,114,115,116,117,118,119,120)/p+2. The lowest BCUT2D eigenvalue weighted by Crippen LogP contribution is -2.25. The van der Waals surface area contributed by atoms with Crippen LogP contribution in [-0.2, 0) is 70.9 Å². The summed E-state index contributed by atoms with van der Waals surface area (Å²) in [6.07, 6.45) is 24.0. The normalized spacial score (nSPS) is 11.7. The Hall–Kier alpha value is -14.7. The van der Waals surface area contributed by atoms with Crippen LogP contribution in [0.3, 0.4) is 0 Å². The SMILES string of the molecule is COCCOCCOCCOc1cccc(-c2c3nc(c(C#Cc4cc[n+](C)cc4)c4ccc([nH]4)c(-c4cccc(OCCOCCOCCOC)c4)c4nc(c(C#CC#Cc5c6nc(c(-c7cccc(OCCOCCOCCOC)c7)c7ccc([nH]7)c(C#Cc7cc[n+](C)cc7)c7nc(c(-c8cccc(OCCOCCOCCOC)c8)c8ccc5[nH]8)C=C7)C=C6)c5ccc2[nH]5)C=C4)C=C3)c1. The fourth-order valence-electron chi connectivity index (χ4n) is 15.5. The van der Waals surface area contributed by atoms with Crippen LogP contribution in [0.15, 0.2) is 195 Å². The number of aromatic amines is 4. The monoisotopic (exact) mass is 1850 g/mol. The quantitative estimate of drug-likeness (QED) is 0.0157. The van der Waals surface area contributed by atoms with E-state index in [2.05, 4.69) is 104 Å². The molecular weight excluding hydrogens is 1740 g/mol. The van der Waals surface area contributed by atoms with E-state index in [0.29, 0.717) is 260 Å². The van der Waals surface area contributed by atoms with E-state index in [4.69, 9.17) is 95.7 Å². The number of rotatable bonds is 44. The van der Waals surface area contributed by atoms with Gasteiger partial charge in [-0.05, 0) is 192 Å². The van der Waals surface area contributed by atoms with Crippen molar-refractivity contribution in [2.45, 2.75) is 0 Å². The van der Waals surface area contributed by atoms with Gasteiger partial charge in [-0.1, -0.05) is 72.2 Å². The Morgan fingerprint density at radius 3 is 0.696 bits per heavy atom. The lowest BCUT2D eigenvalue weighted by Gasteiger charge is -2.10. The molecule has 0 amide bonds. The molecule has 138 heavy (non-hydrogen) atoms. The molecule has 8 aromatic heterocycles. The number of methoxy groups -OCH3 is 4. The van der Waals surface area contributed by atoms with Crippen molar-refractivity contribution < 1.29 is 84.9 Å². The van der Waals surface area contributed by atoms with Crippen molar-refractivity contribution in [3.8, 4) is 115 Å². The second-order valence-electron chi connectivity index (χ2n) is 31.9. The average Bonchev–Trinajstić information content (AvgIpc) is 1.62. The molecule has 0 saturated carbocycles. The number of hydrogen-bond acceptors (Lipinski definition) is 20. The van der Waals surface area contributed by atoms with Gasteiger partial charge in [0, 0.05) is 108 Å². The molecule has 702 valence electrons. The van der Waals surface area contributed by atoms with Crippen LogP contribution in [0.5, 0.6) is 23.0 Å². The van der Waals surface area contributed by atoms with Gasteiger partial charge in [0.05, 0.1) is 222 Å². The largest absolute Gasteiger partial charge is 0.491 e. The van der Waals surface area contributed by atoms with Crippen LogP contribution >= 0.6 is 0 Å². The maximum Gasteiger partial charge on any atom is 0.169 e. The molecule has 0 radical (unpaired) electrons. The van der Waals surface area contributed by atoms with Gasteiger partial charge >= 0.3 is 0 Å². The zero-order chi connectivity index (χ0) is 94.7. The summed E-state index contributed by atoms with van der Waals surface area (Å²) >= 11 is 0. The fourth-order valence-corrected chi connectivity index (χ4v) is 15.5. The smallest absolute Gasteiger partial charge is 0.169 e. The highest BCUT2D eigenvalue weighted by Crippen LogP contribution is 2.40. The molecule has 0 spiro atoms. The highest BCUT2D eigenvalue weighted by atomic mass is 16.6. The molecule has 16 rings (SSSR count). The Labute approximate surface area is 802 Å². The van der Waals surface area contributed by atoms with E-state index in [1.165, 1.54) is 0 Å². The fraction of sp³-hybridized carbons (Fsp3) is 0.268. The van der Waals surface area contributed by atoms with Crippen LogP contribution < -0.4 is 28.1 Å². The molecule has 0 fully saturated rings. The minimum atomic E-state index is 0.296. The maximum absolute atomic E-state index is 6.43. The number of aromatic nitrogens is 10. The molecule has 4 N–H and O–H groups in total. The number of ether oxygens (including phenoxy) is 16. The van der Waals surface area contributed by atoms with E-state index in [0.717, 1.165) is 88.7 Å². The van der Waals surface area contributed by atoms with Gasteiger partial charge in [-0.15, -0.1) is 0 Å². The first kappa shape index (κ1) is 96.5. The summed E-state index contributed by atoms with van der Waals surface area (Å²) in [5.41, 5.74) is 21.3. The van der Waals surface area contributed by atoms with Crippen molar-refractivity contribution in [1.82, 2.24) is 39.9 Å². The summed E-state index contributed by atoms with van der Waals surface area (Å²) in [4.78, 5) is 37.6. The molecule has 0 saturated heterocycles. The highest BCUT2D eigenvalue weighted by molar-refractivity contribution is 5.99. The first-order valence-corrected chi connectivity index (χ1v) is 45.9. The third-order valence-corrected chi connectivity index (χ3v) is 22.3. The number of hydrogen-bond donors (Lipinski definition) is 4. The van der Waals surface area contributed by atoms with Gasteiger partial charge in [0.25, 0.3) is 0 Å². The van der Waals surface area contributed by atoms with E-state index in [1.54, 1.807) is 28.4 Å². The Morgan fingerprint density at radius 1 is 0.232 bits per heavy atom. The van der Waals surface area contributed by atoms with Crippen LogP contribution in [0.25, 0.3) is 137 Å². The predicted molar refractivity (Wildman–Crippen MR) is 536 cm³/mol. The molecule has 12 heterocycles. The summed E-state index contributed by atoms with van der Waals surface area (Å²) in [6, 6.07) is 56.2. The van der Waals surface area contributed by atoms with Crippen LogP contribution in [0.2, 0.25) is 0 Å². The average molecular weight is 1850 g/mol. The predicted octanol–water partition coefficient (Wildman–Crippen LogP) is 16.4. The lowest BCUT2D eigenvalue weighted by atomic mass is 10.0. The zero-order valence-corrected chi connectivity index (χ0v) is 78.3. The second kappa shape index (κ2) is 50.2. The molecule has 26 heteroatoms. The Balaban J connectivity index is 0.877. The van der Waals surface area contributed by atoms with Crippen molar-refractivity contribution in [1.29, 1.82) is 0 Å². The molecule has 0 atom stereocenters. The summed E-state index contributed by atoms with van der Waals surface area (Å²) in [7, 11) is 10.6. The molecule has 16 bridgehead atoms. The molecule has 4 aliphatic rings. The molecular formula is C112H110N10O16+2. The van der Waals surface area contributed by atoms with E-state index in [-0.39, 0.29) is 0 Å². The first-order chi connectivity index (χ1) is 68.1. The van der Waals surface area contributed by atoms with E-state index in [1.807, 2.05) is 230 Å². The van der Waals surface area contributed by atoms with E-state index in [9.17, 15) is 0 Å². The minimum absolute atomic E-state index is 0.296.